The lowest BCUT2D eigenvalue weighted by Gasteiger charge is -2.43. The van der Waals surface area contributed by atoms with Crippen LogP contribution in [0.5, 0.6) is 0 Å². The van der Waals surface area contributed by atoms with Crippen LogP contribution < -0.4 is 0 Å². The van der Waals surface area contributed by atoms with Crippen molar-refractivity contribution in [2.75, 3.05) is 27.2 Å². The highest BCUT2D eigenvalue weighted by molar-refractivity contribution is 5.99. The Morgan fingerprint density at radius 3 is 1.52 bits per heavy atom. The molecule has 0 aliphatic carbocycles. The van der Waals surface area contributed by atoms with Gasteiger partial charge in [-0.3, -0.25) is 9.69 Å². The largest absolute Gasteiger partial charge is 0.383 e. The van der Waals surface area contributed by atoms with E-state index in [2.05, 4.69) is 77.7 Å². The van der Waals surface area contributed by atoms with Crippen LogP contribution in [0.15, 0.2) is 103 Å². The van der Waals surface area contributed by atoms with Gasteiger partial charge in [-0.2, -0.15) is 0 Å². The number of carbonyl (C=O) groups is 1. The van der Waals surface area contributed by atoms with Crippen LogP contribution in [0.1, 0.15) is 16.7 Å². The van der Waals surface area contributed by atoms with E-state index in [0.29, 0.717) is 13.1 Å². The molecule has 3 nitrogen and oxygen atoms in total. The van der Waals surface area contributed by atoms with E-state index in [0.717, 1.165) is 22.3 Å². The number of likely N-dealkylation sites (tertiary alicyclic amines) is 1. The van der Waals surface area contributed by atoms with Crippen LogP contribution in [-0.4, -0.2) is 42.8 Å². The first-order valence-electron chi connectivity index (χ1n) is 9.94. The van der Waals surface area contributed by atoms with Gasteiger partial charge in [-0.25, -0.2) is 0 Å². The lowest BCUT2D eigenvalue weighted by Crippen LogP contribution is -2.47. The van der Waals surface area contributed by atoms with Crippen molar-refractivity contribution < 1.29 is 4.79 Å². The molecular formula is C26H26N2O. The Bertz CT molecular complexity index is 898. The monoisotopic (exact) mass is 382 g/mol. The first-order chi connectivity index (χ1) is 14.1. The molecule has 0 bridgehead atoms. The molecule has 0 N–H and O–H groups in total. The topological polar surface area (TPSA) is 23.6 Å². The molecule has 0 radical (unpaired) electrons. The quantitative estimate of drug-likeness (QED) is 0.485. The Balaban J connectivity index is 1.98. The molecule has 1 fully saturated rings. The second kappa shape index (κ2) is 8.06. The number of hydrogen-bond donors (Lipinski definition) is 0. The van der Waals surface area contributed by atoms with E-state index in [1.807, 2.05) is 43.4 Å². The molecule has 0 spiro atoms. The molecule has 1 aliphatic rings. The Hall–Kier alpha value is -3.17. The van der Waals surface area contributed by atoms with Crippen molar-refractivity contribution in [3.8, 4) is 0 Å². The van der Waals surface area contributed by atoms with E-state index in [1.54, 1.807) is 0 Å². The maximum absolute atomic E-state index is 12.9. The molecular weight excluding hydrogens is 356 g/mol. The summed E-state index contributed by atoms with van der Waals surface area (Å²) in [5.74, 6) is 0.186. The third kappa shape index (κ3) is 3.50. The molecule has 0 unspecified atom stereocenters. The molecule has 1 heterocycles. The summed E-state index contributed by atoms with van der Waals surface area (Å²) < 4.78 is 0. The summed E-state index contributed by atoms with van der Waals surface area (Å²) in [7, 11) is 3.92. The van der Waals surface area contributed by atoms with Crippen LogP contribution in [-0.2, 0) is 10.3 Å². The maximum atomic E-state index is 12.9. The number of rotatable bonds is 5. The molecule has 0 aromatic heterocycles. The number of hydrogen-bond acceptors (Lipinski definition) is 3. The zero-order valence-corrected chi connectivity index (χ0v) is 17.0. The summed E-state index contributed by atoms with van der Waals surface area (Å²) in [5.41, 5.74) is 3.80. The summed E-state index contributed by atoms with van der Waals surface area (Å²) >= 11 is 0. The average molecular weight is 383 g/mol. The fourth-order valence-corrected chi connectivity index (χ4v) is 4.37. The summed E-state index contributed by atoms with van der Waals surface area (Å²) in [6.45, 7) is 0.994. The zero-order valence-electron chi connectivity index (χ0n) is 17.0. The van der Waals surface area contributed by atoms with Crippen molar-refractivity contribution in [2.45, 2.75) is 5.54 Å². The van der Waals surface area contributed by atoms with Crippen LogP contribution >= 0.6 is 0 Å². The second-order valence-electron chi connectivity index (χ2n) is 7.71. The Morgan fingerprint density at radius 2 is 1.14 bits per heavy atom. The minimum Gasteiger partial charge on any atom is -0.383 e. The smallest absolute Gasteiger partial charge is 0.175 e. The predicted molar refractivity (Wildman–Crippen MR) is 118 cm³/mol. The van der Waals surface area contributed by atoms with Crippen LogP contribution in [0, 0.1) is 0 Å². The Kier molecular flexibility index (Phi) is 5.32. The van der Waals surface area contributed by atoms with Crippen molar-refractivity contribution in [1.82, 2.24) is 9.80 Å². The van der Waals surface area contributed by atoms with E-state index < -0.39 is 5.54 Å². The standard InChI is InChI=1S/C26H26N2O/c1-27(2)18-21-19-28(20-25(21)29)26(22-12-6-3-7-13-22,23-14-8-4-9-15-23)24-16-10-5-11-17-24/h3-18H,19-20H2,1-2H3/b21-18-. The molecule has 3 heteroatoms. The number of carbonyl (C=O) groups excluding carboxylic acids is 1. The molecule has 146 valence electrons. The first-order valence-corrected chi connectivity index (χ1v) is 9.94. The van der Waals surface area contributed by atoms with Crippen molar-refractivity contribution in [3.63, 3.8) is 0 Å². The second-order valence-corrected chi connectivity index (χ2v) is 7.71. The molecule has 0 atom stereocenters. The van der Waals surface area contributed by atoms with E-state index in [4.69, 9.17) is 0 Å². The van der Waals surface area contributed by atoms with Crippen molar-refractivity contribution >= 4 is 5.78 Å². The van der Waals surface area contributed by atoms with Gasteiger partial charge in [-0.15, -0.1) is 0 Å². The number of benzene rings is 3. The minimum absolute atomic E-state index is 0.186. The van der Waals surface area contributed by atoms with Gasteiger partial charge >= 0.3 is 0 Å². The molecule has 4 rings (SSSR count). The van der Waals surface area contributed by atoms with E-state index in [9.17, 15) is 4.79 Å². The molecule has 0 saturated carbocycles. The molecule has 0 amide bonds. The van der Waals surface area contributed by atoms with Crippen LogP contribution in [0.3, 0.4) is 0 Å². The minimum atomic E-state index is -0.540. The van der Waals surface area contributed by atoms with Crippen molar-refractivity contribution in [2.24, 2.45) is 0 Å². The summed E-state index contributed by atoms with van der Waals surface area (Å²) in [4.78, 5) is 17.2. The Labute approximate surface area is 172 Å². The molecule has 3 aromatic rings. The maximum Gasteiger partial charge on any atom is 0.175 e. The van der Waals surface area contributed by atoms with Gasteiger partial charge in [0.25, 0.3) is 0 Å². The van der Waals surface area contributed by atoms with Gasteiger partial charge < -0.3 is 4.90 Å². The average Bonchev–Trinajstić information content (AvgIpc) is 3.11. The molecule has 3 aromatic carbocycles. The summed E-state index contributed by atoms with van der Waals surface area (Å²) in [5, 5.41) is 0. The molecule has 29 heavy (non-hydrogen) atoms. The summed E-state index contributed by atoms with van der Waals surface area (Å²) in [6.07, 6.45) is 1.95. The van der Waals surface area contributed by atoms with Gasteiger partial charge in [-0.05, 0) is 16.7 Å². The zero-order chi connectivity index (χ0) is 20.3. The predicted octanol–water partition coefficient (Wildman–Crippen LogP) is 4.31. The van der Waals surface area contributed by atoms with Crippen LogP contribution in [0.4, 0.5) is 0 Å². The van der Waals surface area contributed by atoms with Crippen LogP contribution in [0.25, 0.3) is 0 Å². The van der Waals surface area contributed by atoms with Crippen molar-refractivity contribution in [3.05, 3.63) is 119 Å². The lowest BCUT2D eigenvalue weighted by molar-refractivity contribution is -0.114. The van der Waals surface area contributed by atoms with E-state index >= 15 is 0 Å². The first kappa shape index (κ1) is 19.2. The number of ketones is 1. The highest BCUT2D eigenvalue weighted by Gasteiger charge is 2.46. The van der Waals surface area contributed by atoms with E-state index in [-0.39, 0.29) is 5.78 Å². The van der Waals surface area contributed by atoms with Gasteiger partial charge in [0.2, 0.25) is 0 Å². The van der Waals surface area contributed by atoms with E-state index in [1.165, 1.54) is 0 Å². The normalized spacial score (nSPS) is 16.3. The lowest BCUT2D eigenvalue weighted by atomic mass is 9.75. The third-order valence-corrected chi connectivity index (χ3v) is 5.52. The van der Waals surface area contributed by atoms with Gasteiger partial charge in [-0.1, -0.05) is 91.0 Å². The molecule has 1 saturated heterocycles. The van der Waals surface area contributed by atoms with Gasteiger partial charge in [0.05, 0.1) is 12.1 Å². The number of nitrogens with zero attached hydrogens (tertiary/aromatic N) is 2. The fourth-order valence-electron chi connectivity index (χ4n) is 4.37. The van der Waals surface area contributed by atoms with Crippen LogP contribution in [0.2, 0.25) is 0 Å². The Morgan fingerprint density at radius 1 is 0.724 bits per heavy atom. The molecule has 1 aliphatic heterocycles. The van der Waals surface area contributed by atoms with Gasteiger partial charge in [0.1, 0.15) is 0 Å². The van der Waals surface area contributed by atoms with Gasteiger partial charge in [0.15, 0.2) is 5.78 Å². The highest BCUT2D eigenvalue weighted by atomic mass is 16.1. The fraction of sp³-hybridized carbons (Fsp3) is 0.192. The third-order valence-electron chi connectivity index (χ3n) is 5.52. The van der Waals surface area contributed by atoms with Gasteiger partial charge in [0, 0.05) is 32.4 Å². The number of Topliss-reactive ketones (excluding diaryl/α,β-unsaturated/α-hetero) is 1. The van der Waals surface area contributed by atoms with Crippen molar-refractivity contribution in [1.29, 1.82) is 0 Å². The SMILES string of the molecule is CN(C)/C=C1/CN(C(c2ccccc2)(c2ccccc2)c2ccccc2)CC1=O. The highest BCUT2D eigenvalue weighted by Crippen LogP contribution is 2.44. The summed E-state index contributed by atoms with van der Waals surface area (Å²) in [6, 6.07) is 31.5.